The Labute approximate surface area is 229 Å². The van der Waals surface area contributed by atoms with Gasteiger partial charge in [-0.1, -0.05) is 52.7 Å². The third-order valence-electron chi connectivity index (χ3n) is 5.71. The van der Waals surface area contributed by atoms with Gasteiger partial charge in [0, 0.05) is 35.3 Å². The minimum Gasteiger partial charge on any atom is -0.347 e. The first-order valence-electron chi connectivity index (χ1n) is 11.4. The lowest BCUT2D eigenvalue weighted by molar-refractivity contribution is -0.137. The molecule has 0 atom stereocenters. The monoisotopic (exact) mass is 572 g/mol. The van der Waals surface area contributed by atoms with Crippen LogP contribution < -0.4 is 5.32 Å². The first-order valence-corrected chi connectivity index (χ1v) is 12.1. The van der Waals surface area contributed by atoms with Crippen molar-refractivity contribution in [2.24, 2.45) is 0 Å². The molecule has 39 heavy (non-hydrogen) atoms. The zero-order chi connectivity index (χ0) is 27.6. The number of halogens is 5. The van der Waals surface area contributed by atoms with E-state index >= 15 is 0 Å². The summed E-state index contributed by atoms with van der Waals surface area (Å²) in [6.45, 7) is -0.0356. The van der Waals surface area contributed by atoms with Crippen molar-refractivity contribution in [3.8, 4) is 17.1 Å². The molecule has 9 nitrogen and oxygen atoms in total. The molecule has 2 N–H and O–H groups in total. The van der Waals surface area contributed by atoms with Gasteiger partial charge in [0.15, 0.2) is 17.3 Å². The molecule has 1 amide bonds. The molecule has 0 fully saturated rings. The summed E-state index contributed by atoms with van der Waals surface area (Å²) in [4.78, 5) is 17.8. The molecule has 0 radical (unpaired) electrons. The van der Waals surface area contributed by atoms with Crippen LogP contribution in [0.1, 0.15) is 33.0 Å². The number of alkyl halides is 3. The molecule has 3 heterocycles. The highest BCUT2D eigenvalue weighted by molar-refractivity contribution is 6.32. The minimum absolute atomic E-state index is 0.0263. The Bertz CT molecular complexity index is 1600. The van der Waals surface area contributed by atoms with Crippen molar-refractivity contribution in [2.75, 3.05) is 0 Å². The van der Waals surface area contributed by atoms with E-state index in [1.54, 1.807) is 36.4 Å². The number of tetrazole rings is 1. The molecule has 0 unspecified atom stereocenters. The number of aromatic nitrogens is 7. The zero-order valence-corrected chi connectivity index (χ0v) is 21.3. The Morgan fingerprint density at radius 3 is 2.41 bits per heavy atom. The number of nitrogens with one attached hydrogen (secondary N) is 2. The van der Waals surface area contributed by atoms with E-state index in [1.165, 1.54) is 23.0 Å². The van der Waals surface area contributed by atoms with Gasteiger partial charge in [0.25, 0.3) is 5.91 Å². The van der Waals surface area contributed by atoms with E-state index in [0.717, 1.165) is 12.1 Å². The number of carbonyl (C=O) groups is 1. The summed E-state index contributed by atoms with van der Waals surface area (Å²) in [6, 6.07) is 14.7. The van der Waals surface area contributed by atoms with E-state index in [9.17, 15) is 18.0 Å². The number of hydrogen-bond donors (Lipinski definition) is 2. The van der Waals surface area contributed by atoms with Crippen LogP contribution in [-0.4, -0.2) is 41.3 Å². The van der Waals surface area contributed by atoms with Crippen molar-refractivity contribution < 1.29 is 18.0 Å². The molecular weight excluding hydrogens is 556 g/mol. The van der Waals surface area contributed by atoms with Crippen molar-refractivity contribution in [1.29, 1.82) is 0 Å². The lowest BCUT2D eigenvalue weighted by Gasteiger charge is -2.10. The highest BCUT2D eigenvalue weighted by atomic mass is 35.5. The first-order chi connectivity index (χ1) is 18.7. The standard InChI is InChI=1S/C25H17Cl2F3N8O/c26-17-9-5-15(6-10-17)22-18(12-20-33-36-37-34-20)21(35-38(22)23-19(27)2-1-11-31-23)24(39)32-13-14-3-7-16(8-4-14)25(28,29)30/h1-11H,12-13H2,(H,32,39)(H,33,34,36,37). The fourth-order valence-electron chi connectivity index (χ4n) is 3.88. The van der Waals surface area contributed by atoms with Crippen LogP contribution in [0.5, 0.6) is 0 Å². The number of H-pyrrole nitrogens is 1. The average Bonchev–Trinajstić information content (AvgIpc) is 3.56. The Morgan fingerprint density at radius 2 is 1.77 bits per heavy atom. The van der Waals surface area contributed by atoms with Crippen LogP contribution >= 0.6 is 23.2 Å². The lowest BCUT2D eigenvalue weighted by Crippen LogP contribution is -2.24. The maximum absolute atomic E-state index is 13.5. The van der Waals surface area contributed by atoms with Gasteiger partial charge < -0.3 is 5.32 Å². The molecule has 0 spiro atoms. The van der Waals surface area contributed by atoms with Crippen LogP contribution in [0.4, 0.5) is 13.2 Å². The summed E-state index contributed by atoms with van der Waals surface area (Å²) in [6.07, 6.45) is -2.84. The lowest BCUT2D eigenvalue weighted by atomic mass is 10.0. The molecule has 14 heteroatoms. The Kier molecular flexibility index (Phi) is 7.31. The Balaban J connectivity index is 1.57. The van der Waals surface area contributed by atoms with Crippen LogP contribution in [0.25, 0.3) is 17.1 Å². The summed E-state index contributed by atoms with van der Waals surface area (Å²) in [5, 5.41) is 22.1. The van der Waals surface area contributed by atoms with Crippen molar-refractivity contribution in [3.05, 3.63) is 105 Å². The molecular formula is C25H17Cl2F3N8O. The second-order valence-corrected chi connectivity index (χ2v) is 9.13. The smallest absolute Gasteiger partial charge is 0.347 e. The number of benzene rings is 2. The number of aromatic amines is 1. The molecule has 0 bridgehead atoms. The highest BCUT2D eigenvalue weighted by Gasteiger charge is 2.30. The maximum atomic E-state index is 13.5. The van der Waals surface area contributed by atoms with Crippen molar-refractivity contribution in [2.45, 2.75) is 19.1 Å². The molecule has 0 saturated carbocycles. The van der Waals surface area contributed by atoms with E-state index in [-0.39, 0.29) is 29.5 Å². The number of rotatable bonds is 7. The third kappa shape index (κ3) is 5.76. The first kappa shape index (κ1) is 26.3. The van der Waals surface area contributed by atoms with E-state index in [1.807, 2.05) is 0 Å². The van der Waals surface area contributed by atoms with Gasteiger partial charge in [-0.2, -0.15) is 23.5 Å². The largest absolute Gasteiger partial charge is 0.416 e. The van der Waals surface area contributed by atoms with Gasteiger partial charge in [0.1, 0.15) is 0 Å². The second-order valence-electron chi connectivity index (χ2n) is 8.29. The van der Waals surface area contributed by atoms with E-state index in [0.29, 0.717) is 33.2 Å². The van der Waals surface area contributed by atoms with Gasteiger partial charge >= 0.3 is 6.18 Å². The summed E-state index contributed by atoms with van der Waals surface area (Å²) in [7, 11) is 0. The summed E-state index contributed by atoms with van der Waals surface area (Å²) in [5.41, 5.74) is 1.33. The zero-order valence-electron chi connectivity index (χ0n) is 19.7. The molecule has 2 aromatic carbocycles. The van der Waals surface area contributed by atoms with Gasteiger partial charge in [-0.3, -0.25) is 4.79 Å². The van der Waals surface area contributed by atoms with E-state index in [2.05, 4.69) is 36.0 Å². The fraction of sp³-hybridized carbons (Fsp3) is 0.120. The number of carbonyl (C=O) groups excluding carboxylic acids is 1. The highest BCUT2D eigenvalue weighted by Crippen LogP contribution is 2.33. The van der Waals surface area contributed by atoms with Gasteiger partial charge in [-0.05, 0) is 42.0 Å². The van der Waals surface area contributed by atoms with E-state index < -0.39 is 17.6 Å². The van der Waals surface area contributed by atoms with E-state index in [4.69, 9.17) is 23.2 Å². The molecule has 3 aromatic heterocycles. The van der Waals surface area contributed by atoms with Crippen LogP contribution in [0.3, 0.4) is 0 Å². The fourth-order valence-corrected chi connectivity index (χ4v) is 4.21. The number of amides is 1. The molecule has 0 aliphatic heterocycles. The predicted octanol–water partition coefficient (Wildman–Crippen LogP) is 5.29. The maximum Gasteiger partial charge on any atom is 0.416 e. The topological polar surface area (TPSA) is 114 Å². The molecule has 5 aromatic rings. The van der Waals surface area contributed by atoms with Gasteiger partial charge in [-0.25, -0.2) is 9.67 Å². The van der Waals surface area contributed by atoms with Gasteiger partial charge in [0.2, 0.25) is 0 Å². The minimum atomic E-state index is -4.45. The number of nitrogens with zero attached hydrogens (tertiary/aromatic N) is 6. The van der Waals surface area contributed by atoms with Crippen LogP contribution in [0.2, 0.25) is 10.0 Å². The average molecular weight is 573 g/mol. The second kappa shape index (κ2) is 10.8. The van der Waals surface area contributed by atoms with Crippen molar-refractivity contribution in [3.63, 3.8) is 0 Å². The van der Waals surface area contributed by atoms with Gasteiger partial charge in [-0.15, -0.1) is 10.2 Å². The van der Waals surface area contributed by atoms with Crippen LogP contribution in [0.15, 0.2) is 66.9 Å². The number of hydrogen-bond acceptors (Lipinski definition) is 6. The Morgan fingerprint density at radius 1 is 1.03 bits per heavy atom. The molecule has 0 aliphatic carbocycles. The van der Waals surface area contributed by atoms with Crippen molar-refractivity contribution >= 4 is 29.1 Å². The third-order valence-corrected chi connectivity index (χ3v) is 6.26. The Hall–Kier alpha value is -4.29. The molecule has 0 saturated heterocycles. The van der Waals surface area contributed by atoms with Gasteiger partial charge in [0.05, 0.1) is 16.3 Å². The van der Waals surface area contributed by atoms with Crippen LogP contribution in [-0.2, 0) is 19.1 Å². The predicted molar refractivity (Wildman–Crippen MR) is 136 cm³/mol. The number of pyridine rings is 1. The van der Waals surface area contributed by atoms with Crippen LogP contribution in [0, 0.1) is 0 Å². The quantitative estimate of drug-likeness (QED) is 0.274. The summed E-state index contributed by atoms with van der Waals surface area (Å²) >= 11 is 12.6. The summed E-state index contributed by atoms with van der Waals surface area (Å²) < 4.78 is 40.2. The normalized spacial score (nSPS) is 11.5. The summed E-state index contributed by atoms with van der Waals surface area (Å²) in [5.74, 6) is 0.00310. The SMILES string of the molecule is O=C(NCc1ccc(C(F)(F)F)cc1)c1nn(-c2ncccc2Cl)c(-c2ccc(Cl)cc2)c1Cc1nn[nH]n1. The molecule has 198 valence electrons. The molecule has 5 rings (SSSR count). The molecule has 0 aliphatic rings. The van der Waals surface area contributed by atoms with Crippen molar-refractivity contribution in [1.82, 2.24) is 40.7 Å².